The Morgan fingerprint density at radius 1 is 1.40 bits per heavy atom. The maximum absolute atomic E-state index is 12.6. The second-order valence-corrected chi connectivity index (χ2v) is 3.94. The lowest BCUT2D eigenvalue weighted by atomic mass is 10.2. The first kappa shape index (κ1) is 13.9. The fourth-order valence-electron chi connectivity index (χ4n) is 1.63. The van der Waals surface area contributed by atoms with Gasteiger partial charge in [-0.05, 0) is 25.1 Å². The first-order valence-electron chi connectivity index (χ1n) is 5.42. The van der Waals surface area contributed by atoms with Crippen molar-refractivity contribution in [2.45, 2.75) is 13.1 Å². The van der Waals surface area contributed by atoms with E-state index in [2.05, 4.69) is 4.99 Å². The molecule has 5 nitrogen and oxygen atoms in total. The number of hydrogen-bond acceptors (Lipinski definition) is 2. The highest BCUT2D eigenvalue weighted by molar-refractivity contribution is 5.65. The molecule has 0 aliphatic carbocycles. The first-order chi connectivity index (χ1) is 9.27. The highest BCUT2D eigenvalue weighted by Crippen LogP contribution is 2.30. The number of halogens is 3. The van der Waals surface area contributed by atoms with Crippen LogP contribution in [0.4, 0.5) is 18.0 Å². The molecule has 106 valence electrons. The average molecular weight is 286 g/mol. The van der Waals surface area contributed by atoms with Gasteiger partial charge in [0.05, 0.1) is 17.4 Å². The second-order valence-electron chi connectivity index (χ2n) is 3.94. The van der Waals surface area contributed by atoms with E-state index in [1.54, 1.807) is 0 Å². The van der Waals surface area contributed by atoms with Crippen LogP contribution in [0.15, 0.2) is 39.9 Å². The molecule has 20 heavy (non-hydrogen) atoms. The Balaban J connectivity index is 2.61. The van der Waals surface area contributed by atoms with E-state index in [-0.39, 0.29) is 11.4 Å². The Morgan fingerprint density at radius 2 is 2.10 bits per heavy atom. The molecule has 0 aliphatic heterocycles. The number of carboxylic acid groups (broad SMARTS) is 1. The topological polar surface area (TPSA) is 67.7 Å². The quantitative estimate of drug-likeness (QED) is 0.876. The number of benzene rings is 1. The standard InChI is InChI=1S/C12H9F3N2O3/c1-7-6-17(10(20-7)16-11(18)19)9-4-2-3-8(5-9)12(13,14)15/h2-6H,1H3,(H,18,19)/b16-10+. The number of nitrogens with zero attached hydrogens (tertiary/aromatic N) is 2. The summed E-state index contributed by atoms with van der Waals surface area (Å²) in [6.45, 7) is 1.53. The molecule has 1 amide bonds. The van der Waals surface area contributed by atoms with Gasteiger partial charge >= 0.3 is 18.0 Å². The molecule has 0 unspecified atom stereocenters. The lowest BCUT2D eigenvalue weighted by Gasteiger charge is -2.08. The fraction of sp³-hybridized carbons (Fsp3) is 0.167. The maximum Gasteiger partial charge on any atom is 0.435 e. The largest absolute Gasteiger partial charge is 0.463 e. The van der Waals surface area contributed by atoms with E-state index < -0.39 is 17.8 Å². The number of carbonyl (C=O) groups is 1. The molecule has 2 rings (SSSR count). The van der Waals surface area contributed by atoms with Crippen molar-refractivity contribution < 1.29 is 27.5 Å². The highest BCUT2D eigenvalue weighted by atomic mass is 19.4. The predicted octanol–water partition coefficient (Wildman–Crippen LogP) is 2.98. The molecule has 0 aliphatic rings. The average Bonchev–Trinajstić information content (AvgIpc) is 2.68. The van der Waals surface area contributed by atoms with Crippen molar-refractivity contribution >= 4 is 6.09 Å². The van der Waals surface area contributed by atoms with Gasteiger partial charge in [-0.1, -0.05) is 6.07 Å². The van der Waals surface area contributed by atoms with Crippen molar-refractivity contribution in [3.63, 3.8) is 0 Å². The van der Waals surface area contributed by atoms with Crippen LogP contribution in [0, 0.1) is 6.92 Å². The predicted molar refractivity (Wildman–Crippen MR) is 61.4 cm³/mol. The summed E-state index contributed by atoms with van der Waals surface area (Å²) in [6, 6.07) is 4.42. The van der Waals surface area contributed by atoms with Crippen LogP contribution in [0.25, 0.3) is 5.69 Å². The van der Waals surface area contributed by atoms with Crippen molar-refractivity contribution in [3.05, 3.63) is 47.5 Å². The van der Waals surface area contributed by atoms with Gasteiger partial charge in [0.25, 0.3) is 0 Å². The molecular weight excluding hydrogens is 277 g/mol. The molecular formula is C12H9F3N2O3. The highest BCUT2D eigenvalue weighted by Gasteiger charge is 2.30. The molecule has 0 fully saturated rings. The Labute approximate surface area is 110 Å². The zero-order chi connectivity index (χ0) is 14.9. The van der Waals surface area contributed by atoms with Crippen LogP contribution < -0.4 is 5.68 Å². The van der Waals surface area contributed by atoms with Crippen molar-refractivity contribution in [3.8, 4) is 5.69 Å². The zero-order valence-electron chi connectivity index (χ0n) is 10.2. The van der Waals surface area contributed by atoms with Gasteiger partial charge in [-0.15, -0.1) is 4.99 Å². The van der Waals surface area contributed by atoms with Crippen LogP contribution in [0.3, 0.4) is 0 Å². The summed E-state index contributed by atoms with van der Waals surface area (Å²) in [5.41, 5.74) is -1.05. The Kier molecular flexibility index (Phi) is 3.39. The van der Waals surface area contributed by atoms with Crippen molar-refractivity contribution in [1.29, 1.82) is 0 Å². The van der Waals surface area contributed by atoms with E-state index >= 15 is 0 Å². The summed E-state index contributed by atoms with van der Waals surface area (Å²) in [5, 5.41) is 8.61. The number of rotatable bonds is 1. The number of amides is 1. The van der Waals surface area contributed by atoms with Crippen molar-refractivity contribution in [1.82, 2.24) is 4.57 Å². The Morgan fingerprint density at radius 3 is 2.70 bits per heavy atom. The Hall–Kier alpha value is -2.51. The number of hydrogen-bond donors (Lipinski definition) is 1. The van der Waals surface area contributed by atoms with Crippen LogP contribution in [0.1, 0.15) is 11.3 Å². The third-order valence-corrected chi connectivity index (χ3v) is 2.41. The molecule has 0 bridgehead atoms. The van der Waals surface area contributed by atoms with Crippen molar-refractivity contribution in [2.75, 3.05) is 0 Å². The Bertz CT molecular complexity index is 713. The van der Waals surface area contributed by atoms with Gasteiger partial charge in [0, 0.05) is 0 Å². The maximum atomic E-state index is 12.6. The van der Waals surface area contributed by atoms with Gasteiger partial charge in [-0.25, -0.2) is 4.79 Å². The lowest BCUT2D eigenvalue weighted by Crippen LogP contribution is -2.16. The van der Waals surface area contributed by atoms with E-state index in [0.29, 0.717) is 5.76 Å². The third-order valence-electron chi connectivity index (χ3n) is 2.41. The fourth-order valence-corrected chi connectivity index (χ4v) is 1.63. The molecule has 1 N–H and O–H groups in total. The summed E-state index contributed by atoms with van der Waals surface area (Å²) in [4.78, 5) is 13.7. The molecule has 0 saturated carbocycles. The summed E-state index contributed by atoms with van der Waals surface area (Å²) >= 11 is 0. The molecule has 0 saturated heterocycles. The number of oxazole rings is 1. The normalized spacial score (nSPS) is 12.7. The summed E-state index contributed by atoms with van der Waals surface area (Å²) in [5.74, 6) is 0.322. The number of aryl methyl sites for hydroxylation is 1. The van der Waals surface area contributed by atoms with E-state index in [9.17, 15) is 18.0 Å². The minimum absolute atomic E-state index is 0.108. The molecule has 8 heteroatoms. The zero-order valence-corrected chi connectivity index (χ0v) is 10.2. The molecule has 1 aromatic heterocycles. The first-order valence-corrected chi connectivity index (χ1v) is 5.42. The number of alkyl halides is 3. The molecule has 0 radical (unpaired) electrons. The molecule has 0 spiro atoms. The van der Waals surface area contributed by atoms with Crippen molar-refractivity contribution in [2.24, 2.45) is 4.99 Å². The SMILES string of the molecule is Cc1cn(-c2cccc(C(F)(F)F)c2)/c(=N\C(=O)O)o1. The van der Waals surface area contributed by atoms with Gasteiger partial charge in [0.1, 0.15) is 5.76 Å². The molecule has 0 atom stereocenters. The van der Waals surface area contributed by atoms with E-state index in [4.69, 9.17) is 9.52 Å². The summed E-state index contributed by atoms with van der Waals surface area (Å²) < 4.78 is 44.1. The second kappa shape index (κ2) is 4.87. The van der Waals surface area contributed by atoms with Gasteiger partial charge < -0.3 is 9.52 Å². The molecule has 1 heterocycles. The van der Waals surface area contributed by atoms with Crippen LogP contribution in [0.5, 0.6) is 0 Å². The van der Waals surface area contributed by atoms with Gasteiger partial charge in [-0.2, -0.15) is 13.2 Å². The van der Waals surface area contributed by atoms with Crippen LogP contribution in [-0.4, -0.2) is 15.8 Å². The van der Waals surface area contributed by atoms with E-state index in [0.717, 1.165) is 16.7 Å². The van der Waals surface area contributed by atoms with E-state index in [1.165, 1.54) is 25.3 Å². The molecule has 2 aromatic rings. The van der Waals surface area contributed by atoms with Crippen LogP contribution in [0.2, 0.25) is 0 Å². The van der Waals surface area contributed by atoms with Gasteiger partial charge in [0.15, 0.2) is 0 Å². The molecule has 1 aromatic carbocycles. The van der Waals surface area contributed by atoms with Crippen LogP contribution >= 0.6 is 0 Å². The minimum Gasteiger partial charge on any atom is -0.463 e. The van der Waals surface area contributed by atoms with Crippen LogP contribution in [-0.2, 0) is 6.18 Å². The lowest BCUT2D eigenvalue weighted by molar-refractivity contribution is -0.137. The smallest absolute Gasteiger partial charge is 0.435 e. The third kappa shape index (κ3) is 2.90. The van der Waals surface area contributed by atoms with Gasteiger partial charge in [0.2, 0.25) is 0 Å². The minimum atomic E-state index is -4.49. The summed E-state index contributed by atoms with van der Waals surface area (Å²) in [6.07, 6.45) is -4.63. The number of aromatic nitrogens is 1. The monoisotopic (exact) mass is 286 g/mol. The van der Waals surface area contributed by atoms with E-state index in [1.807, 2.05) is 0 Å². The van der Waals surface area contributed by atoms with Gasteiger partial charge in [-0.3, -0.25) is 4.57 Å². The summed E-state index contributed by atoms with van der Waals surface area (Å²) in [7, 11) is 0.